The number of aryl methyl sites for hydroxylation is 1. The summed E-state index contributed by atoms with van der Waals surface area (Å²) in [5, 5.41) is 12.5. The van der Waals surface area contributed by atoms with Gasteiger partial charge in [-0.25, -0.2) is 0 Å². The van der Waals surface area contributed by atoms with Crippen LogP contribution in [-0.4, -0.2) is 32.0 Å². The molecule has 0 saturated heterocycles. The zero-order chi connectivity index (χ0) is 17.7. The van der Waals surface area contributed by atoms with Gasteiger partial charge in [0.25, 0.3) is 0 Å². The molecule has 24 heavy (non-hydrogen) atoms. The van der Waals surface area contributed by atoms with Crippen LogP contribution in [0.1, 0.15) is 39.7 Å². The van der Waals surface area contributed by atoms with Crippen LogP contribution in [0.2, 0.25) is 0 Å². The van der Waals surface area contributed by atoms with E-state index in [1.165, 1.54) is 17.3 Å². The summed E-state index contributed by atoms with van der Waals surface area (Å²) in [5.74, 6) is 1.22. The van der Waals surface area contributed by atoms with Crippen molar-refractivity contribution in [1.82, 2.24) is 20.1 Å². The third-order valence-corrected chi connectivity index (χ3v) is 5.08. The molecule has 0 radical (unpaired) electrons. The molecule has 1 N–H and O–H groups in total. The molecule has 5 nitrogen and oxygen atoms in total. The Hall–Kier alpha value is -1.82. The van der Waals surface area contributed by atoms with Crippen molar-refractivity contribution in [3.05, 3.63) is 29.8 Å². The van der Waals surface area contributed by atoms with E-state index in [9.17, 15) is 4.79 Å². The number of hydrogen-bond donors (Lipinski definition) is 1. The highest BCUT2D eigenvalue weighted by atomic mass is 32.2. The fourth-order valence-corrected chi connectivity index (χ4v) is 3.14. The first-order valence-corrected chi connectivity index (χ1v) is 9.29. The summed E-state index contributed by atoms with van der Waals surface area (Å²) in [6, 6.07) is 8.14. The summed E-state index contributed by atoms with van der Waals surface area (Å²) in [6.45, 7) is 11.0. The Labute approximate surface area is 148 Å². The molecule has 0 unspecified atom stereocenters. The van der Waals surface area contributed by atoms with Crippen molar-refractivity contribution in [2.24, 2.45) is 0 Å². The van der Waals surface area contributed by atoms with Crippen molar-refractivity contribution in [2.75, 3.05) is 5.75 Å². The van der Waals surface area contributed by atoms with Crippen LogP contribution in [0.3, 0.4) is 0 Å². The third kappa shape index (κ3) is 4.38. The highest BCUT2D eigenvalue weighted by molar-refractivity contribution is 7.99. The molecule has 0 fully saturated rings. The van der Waals surface area contributed by atoms with Crippen LogP contribution >= 0.6 is 11.8 Å². The minimum atomic E-state index is -0.178. The highest BCUT2D eigenvalue weighted by Crippen LogP contribution is 2.26. The van der Waals surface area contributed by atoms with Crippen LogP contribution < -0.4 is 5.32 Å². The first-order valence-electron chi connectivity index (χ1n) is 8.31. The molecule has 0 aliphatic rings. The summed E-state index contributed by atoms with van der Waals surface area (Å²) in [4.78, 5) is 12.1. The molecule has 1 amide bonds. The maximum Gasteiger partial charge on any atom is 0.230 e. The number of nitrogens with one attached hydrogen (secondary N) is 1. The van der Waals surface area contributed by atoms with Gasteiger partial charge in [0.1, 0.15) is 0 Å². The molecular weight excluding hydrogens is 320 g/mol. The maximum absolute atomic E-state index is 12.1. The number of rotatable bonds is 7. The Morgan fingerprint density at radius 3 is 2.58 bits per heavy atom. The van der Waals surface area contributed by atoms with E-state index in [1.54, 1.807) is 0 Å². The van der Waals surface area contributed by atoms with E-state index in [2.05, 4.69) is 53.0 Å². The maximum atomic E-state index is 12.1. The molecule has 0 saturated carbocycles. The van der Waals surface area contributed by atoms with E-state index in [1.807, 2.05) is 26.0 Å². The second-order valence-electron chi connectivity index (χ2n) is 6.44. The minimum Gasteiger partial charge on any atom is -0.351 e. The SMILES string of the molecule is CCn1c(SCC(=O)NC(C)(C)CC)nnc1-c1ccccc1C. The number of nitrogens with zero attached hydrogens (tertiary/aromatic N) is 3. The lowest BCUT2D eigenvalue weighted by atomic mass is 10.0. The van der Waals surface area contributed by atoms with E-state index in [0.717, 1.165) is 29.5 Å². The highest BCUT2D eigenvalue weighted by Gasteiger charge is 2.19. The van der Waals surface area contributed by atoms with Gasteiger partial charge in [-0.05, 0) is 39.7 Å². The minimum absolute atomic E-state index is 0.0231. The lowest BCUT2D eigenvalue weighted by molar-refractivity contribution is -0.120. The molecule has 6 heteroatoms. The molecular formula is C18H26N4OS. The molecule has 0 aliphatic heterocycles. The number of carbonyl (C=O) groups excluding carboxylic acids is 1. The number of hydrogen-bond acceptors (Lipinski definition) is 4. The molecule has 130 valence electrons. The number of amides is 1. The quantitative estimate of drug-likeness (QED) is 0.777. The van der Waals surface area contributed by atoms with Crippen molar-refractivity contribution in [1.29, 1.82) is 0 Å². The zero-order valence-electron chi connectivity index (χ0n) is 15.1. The Bertz CT molecular complexity index is 709. The van der Waals surface area contributed by atoms with Gasteiger partial charge >= 0.3 is 0 Å². The number of carbonyl (C=O) groups is 1. The first-order chi connectivity index (χ1) is 11.4. The van der Waals surface area contributed by atoms with Crippen LogP contribution in [0.15, 0.2) is 29.4 Å². The fraction of sp³-hybridized carbons (Fsp3) is 0.500. The number of aromatic nitrogens is 3. The number of thioether (sulfide) groups is 1. The smallest absolute Gasteiger partial charge is 0.230 e. The van der Waals surface area contributed by atoms with Crippen molar-refractivity contribution >= 4 is 17.7 Å². The monoisotopic (exact) mass is 346 g/mol. The van der Waals surface area contributed by atoms with Gasteiger partial charge in [0.2, 0.25) is 5.91 Å². The molecule has 1 aromatic heterocycles. The average molecular weight is 347 g/mol. The van der Waals surface area contributed by atoms with E-state index in [0.29, 0.717) is 5.75 Å². The van der Waals surface area contributed by atoms with Crippen molar-refractivity contribution in [3.8, 4) is 11.4 Å². The van der Waals surface area contributed by atoms with Gasteiger partial charge in [0.15, 0.2) is 11.0 Å². The second kappa shape index (κ2) is 7.83. The van der Waals surface area contributed by atoms with Gasteiger partial charge in [-0.15, -0.1) is 10.2 Å². The van der Waals surface area contributed by atoms with Crippen LogP contribution in [0.4, 0.5) is 0 Å². The van der Waals surface area contributed by atoms with E-state index in [-0.39, 0.29) is 11.4 Å². The lowest BCUT2D eigenvalue weighted by Crippen LogP contribution is -2.43. The topological polar surface area (TPSA) is 59.8 Å². The van der Waals surface area contributed by atoms with Gasteiger partial charge < -0.3 is 9.88 Å². The summed E-state index contributed by atoms with van der Waals surface area (Å²) >= 11 is 1.43. The molecule has 1 aromatic carbocycles. The number of benzene rings is 1. The molecule has 0 bridgehead atoms. The van der Waals surface area contributed by atoms with E-state index < -0.39 is 0 Å². The van der Waals surface area contributed by atoms with Crippen LogP contribution in [0, 0.1) is 6.92 Å². The lowest BCUT2D eigenvalue weighted by Gasteiger charge is -2.24. The molecule has 1 heterocycles. The van der Waals surface area contributed by atoms with Crippen LogP contribution in [0.25, 0.3) is 11.4 Å². The van der Waals surface area contributed by atoms with Crippen molar-refractivity contribution < 1.29 is 4.79 Å². The van der Waals surface area contributed by atoms with Crippen molar-refractivity contribution in [2.45, 2.75) is 58.3 Å². The Morgan fingerprint density at radius 2 is 1.96 bits per heavy atom. The van der Waals surface area contributed by atoms with Gasteiger partial charge in [-0.1, -0.05) is 43.0 Å². The summed E-state index contributed by atoms with van der Waals surface area (Å²) in [5.41, 5.74) is 2.07. The van der Waals surface area contributed by atoms with Gasteiger partial charge in [0.05, 0.1) is 5.75 Å². The Morgan fingerprint density at radius 1 is 1.25 bits per heavy atom. The summed E-state index contributed by atoms with van der Waals surface area (Å²) in [6.07, 6.45) is 0.895. The van der Waals surface area contributed by atoms with E-state index >= 15 is 0 Å². The average Bonchev–Trinajstić information content (AvgIpc) is 2.95. The van der Waals surface area contributed by atoms with E-state index in [4.69, 9.17) is 0 Å². The van der Waals surface area contributed by atoms with Crippen LogP contribution in [-0.2, 0) is 11.3 Å². The predicted molar refractivity (Wildman–Crippen MR) is 99.1 cm³/mol. The molecule has 2 rings (SSSR count). The molecule has 2 aromatic rings. The third-order valence-electron chi connectivity index (χ3n) is 4.11. The summed E-state index contributed by atoms with van der Waals surface area (Å²) in [7, 11) is 0. The van der Waals surface area contributed by atoms with Crippen LogP contribution in [0.5, 0.6) is 0 Å². The largest absolute Gasteiger partial charge is 0.351 e. The molecule has 0 aliphatic carbocycles. The van der Waals surface area contributed by atoms with Gasteiger partial charge in [-0.3, -0.25) is 4.79 Å². The van der Waals surface area contributed by atoms with Gasteiger partial charge in [0, 0.05) is 17.6 Å². The normalized spacial score (nSPS) is 11.5. The van der Waals surface area contributed by atoms with Gasteiger partial charge in [-0.2, -0.15) is 0 Å². The Kier molecular flexibility index (Phi) is 6.04. The summed E-state index contributed by atoms with van der Waals surface area (Å²) < 4.78 is 2.06. The zero-order valence-corrected chi connectivity index (χ0v) is 15.9. The first kappa shape index (κ1) is 18.5. The Balaban J connectivity index is 2.13. The standard InChI is InChI=1S/C18H26N4OS/c1-6-18(4,5)19-15(23)12-24-17-21-20-16(22(17)7-2)14-11-9-8-10-13(14)3/h8-11H,6-7,12H2,1-5H3,(H,19,23). The van der Waals surface area contributed by atoms with Crippen molar-refractivity contribution in [3.63, 3.8) is 0 Å². The predicted octanol–water partition coefficient (Wildman–Crippen LogP) is 3.67. The fourth-order valence-electron chi connectivity index (χ4n) is 2.34. The second-order valence-corrected chi connectivity index (χ2v) is 7.38. The molecule has 0 spiro atoms. The molecule has 0 atom stereocenters.